The monoisotopic (exact) mass is 272 g/mol. The van der Waals surface area contributed by atoms with Crippen LogP contribution in [0.25, 0.3) is 0 Å². The fourth-order valence-corrected chi connectivity index (χ4v) is 3.74. The highest BCUT2D eigenvalue weighted by atomic mass is 32.2. The van der Waals surface area contributed by atoms with Gasteiger partial charge in [-0.2, -0.15) is 5.10 Å². The highest BCUT2D eigenvalue weighted by Crippen LogP contribution is 2.16. The third-order valence-electron chi connectivity index (χ3n) is 3.25. The molecule has 1 aromatic heterocycles. The number of H-pyrrole nitrogens is 1. The maximum Gasteiger partial charge on any atom is 0.244 e. The molecule has 7 heteroatoms. The van der Waals surface area contributed by atoms with Gasteiger partial charge >= 0.3 is 0 Å². The van der Waals surface area contributed by atoms with Crippen LogP contribution in [-0.4, -0.2) is 49.7 Å². The van der Waals surface area contributed by atoms with Gasteiger partial charge in [-0.05, 0) is 39.8 Å². The molecular weight excluding hydrogens is 252 g/mol. The molecule has 0 atom stereocenters. The predicted molar refractivity (Wildman–Crippen MR) is 68.9 cm³/mol. The molecule has 0 amide bonds. The predicted octanol–water partition coefficient (Wildman–Crippen LogP) is 0.401. The summed E-state index contributed by atoms with van der Waals surface area (Å²) in [6.07, 6.45) is 2.43. The zero-order valence-electron chi connectivity index (χ0n) is 10.9. The van der Waals surface area contributed by atoms with Crippen molar-refractivity contribution in [2.24, 2.45) is 0 Å². The van der Waals surface area contributed by atoms with E-state index in [-0.39, 0.29) is 4.90 Å². The SMILES string of the molecule is Cc1n[nH]c(C)c1S(=O)(=O)NCCN1CCCC1. The van der Waals surface area contributed by atoms with E-state index in [4.69, 9.17) is 0 Å². The highest BCUT2D eigenvalue weighted by molar-refractivity contribution is 7.89. The van der Waals surface area contributed by atoms with Crippen LogP contribution < -0.4 is 4.72 Å². The number of likely N-dealkylation sites (tertiary alicyclic amines) is 1. The minimum absolute atomic E-state index is 0.281. The van der Waals surface area contributed by atoms with E-state index in [1.807, 2.05) is 0 Å². The Morgan fingerprint density at radius 2 is 2.00 bits per heavy atom. The Labute approximate surface area is 108 Å². The lowest BCUT2D eigenvalue weighted by Crippen LogP contribution is -2.33. The molecule has 2 N–H and O–H groups in total. The number of aromatic amines is 1. The molecular formula is C11H20N4O2S. The third-order valence-corrected chi connectivity index (χ3v) is 4.97. The molecule has 0 aromatic carbocycles. The molecule has 102 valence electrons. The quantitative estimate of drug-likeness (QED) is 0.813. The Kier molecular flexibility index (Phi) is 4.04. The van der Waals surface area contributed by atoms with Crippen molar-refractivity contribution in [1.29, 1.82) is 0 Å². The molecule has 0 saturated carbocycles. The van der Waals surface area contributed by atoms with E-state index < -0.39 is 10.0 Å². The van der Waals surface area contributed by atoms with Gasteiger partial charge in [0.1, 0.15) is 4.90 Å². The number of sulfonamides is 1. The van der Waals surface area contributed by atoms with Gasteiger partial charge < -0.3 is 4.90 Å². The standard InChI is InChI=1S/C11H20N4O2S/c1-9-11(10(2)14-13-9)18(16,17)12-5-8-15-6-3-4-7-15/h12H,3-8H2,1-2H3,(H,13,14). The van der Waals surface area contributed by atoms with E-state index in [0.29, 0.717) is 17.9 Å². The van der Waals surface area contributed by atoms with E-state index in [1.54, 1.807) is 13.8 Å². The third kappa shape index (κ3) is 2.90. The molecule has 0 unspecified atom stereocenters. The number of aromatic nitrogens is 2. The maximum atomic E-state index is 12.1. The van der Waals surface area contributed by atoms with Gasteiger partial charge in [0.05, 0.1) is 11.4 Å². The summed E-state index contributed by atoms with van der Waals surface area (Å²) in [6, 6.07) is 0. The summed E-state index contributed by atoms with van der Waals surface area (Å²) in [4.78, 5) is 2.56. The molecule has 0 spiro atoms. The topological polar surface area (TPSA) is 78.1 Å². The average molecular weight is 272 g/mol. The largest absolute Gasteiger partial charge is 0.302 e. The number of nitrogens with zero attached hydrogens (tertiary/aromatic N) is 2. The minimum Gasteiger partial charge on any atom is -0.302 e. The summed E-state index contributed by atoms with van der Waals surface area (Å²) >= 11 is 0. The van der Waals surface area contributed by atoms with Gasteiger partial charge in [-0.3, -0.25) is 5.10 Å². The van der Waals surface area contributed by atoms with Gasteiger partial charge in [0, 0.05) is 13.1 Å². The lowest BCUT2D eigenvalue weighted by Gasteiger charge is -2.14. The number of hydrogen-bond donors (Lipinski definition) is 2. The number of rotatable bonds is 5. The second kappa shape index (κ2) is 5.38. The van der Waals surface area contributed by atoms with Gasteiger partial charge in [-0.25, -0.2) is 13.1 Å². The first-order valence-corrected chi connectivity index (χ1v) is 7.72. The van der Waals surface area contributed by atoms with E-state index in [2.05, 4.69) is 19.8 Å². The summed E-state index contributed by atoms with van der Waals surface area (Å²) in [5, 5.41) is 6.61. The van der Waals surface area contributed by atoms with Crippen molar-refractivity contribution in [3.05, 3.63) is 11.4 Å². The van der Waals surface area contributed by atoms with Gasteiger partial charge in [-0.1, -0.05) is 0 Å². The highest BCUT2D eigenvalue weighted by Gasteiger charge is 2.22. The van der Waals surface area contributed by atoms with Gasteiger partial charge in [-0.15, -0.1) is 0 Å². The van der Waals surface area contributed by atoms with Crippen molar-refractivity contribution < 1.29 is 8.42 Å². The Morgan fingerprint density at radius 1 is 1.33 bits per heavy atom. The van der Waals surface area contributed by atoms with Crippen LogP contribution in [0.1, 0.15) is 24.2 Å². The average Bonchev–Trinajstić information content (AvgIpc) is 2.89. The molecule has 1 aromatic rings. The van der Waals surface area contributed by atoms with Gasteiger partial charge in [0.2, 0.25) is 10.0 Å². The molecule has 2 rings (SSSR count). The zero-order chi connectivity index (χ0) is 13.2. The van der Waals surface area contributed by atoms with E-state index in [9.17, 15) is 8.42 Å². The van der Waals surface area contributed by atoms with E-state index in [0.717, 1.165) is 19.6 Å². The molecule has 1 aliphatic rings. The fraction of sp³-hybridized carbons (Fsp3) is 0.727. The molecule has 18 heavy (non-hydrogen) atoms. The Morgan fingerprint density at radius 3 is 2.56 bits per heavy atom. The lowest BCUT2D eigenvalue weighted by molar-refractivity contribution is 0.344. The summed E-state index contributed by atoms with van der Waals surface area (Å²) in [6.45, 7) is 6.78. The van der Waals surface area contributed by atoms with Crippen LogP contribution in [0.2, 0.25) is 0 Å². The smallest absolute Gasteiger partial charge is 0.244 e. The van der Waals surface area contributed by atoms with Crippen molar-refractivity contribution >= 4 is 10.0 Å². The van der Waals surface area contributed by atoms with Crippen LogP contribution in [-0.2, 0) is 10.0 Å². The first kappa shape index (κ1) is 13.5. The zero-order valence-corrected chi connectivity index (χ0v) is 11.7. The lowest BCUT2D eigenvalue weighted by atomic mass is 10.4. The van der Waals surface area contributed by atoms with E-state index in [1.165, 1.54) is 12.8 Å². The van der Waals surface area contributed by atoms with Crippen LogP contribution in [0.5, 0.6) is 0 Å². The molecule has 6 nitrogen and oxygen atoms in total. The first-order valence-electron chi connectivity index (χ1n) is 6.24. The normalized spacial score (nSPS) is 17.4. The Balaban J connectivity index is 1.95. The van der Waals surface area contributed by atoms with Crippen LogP contribution in [0.3, 0.4) is 0 Å². The van der Waals surface area contributed by atoms with Gasteiger partial charge in [0.15, 0.2) is 0 Å². The van der Waals surface area contributed by atoms with Crippen LogP contribution >= 0.6 is 0 Å². The molecule has 1 saturated heterocycles. The summed E-state index contributed by atoms with van der Waals surface area (Å²) in [5.74, 6) is 0. The van der Waals surface area contributed by atoms with Crippen LogP contribution in [0.4, 0.5) is 0 Å². The molecule has 1 aliphatic heterocycles. The molecule has 0 radical (unpaired) electrons. The molecule has 0 aliphatic carbocycles. The van der Waals surface area contributed by atoms with Crippen molar-refractivity contribution in [3.63, 3.8) is 0 Å². The second-order valence-electron chi connectivity index (χ2n) is 4.71. The summed E-state index contributed by atoms with van der Waals surface area (Å²) in [7, 11) is -3.44. The van der Waals surface area contributed by atoms with E-state index >= 15 is 0 Å². The first-order chi connectivity index (χ1) is 8.50. The summed E-state index contributed by atoms with van der Waals surface area (Å²) < 4.78 is 26.9. The second-order valence-corrected chi connectivity index (χ2v) is 6.41. The Hall–Kier alpha value is -0.920. The fourth-order valence-electron chi connectivity index (χ4n) is 2.35. The maximum absolute atomic E-state index is 12.1. The van der Waals surface area contributed by atoms with Crippen molar-refractivity contribution in [2.45, 2.75) is 31.6 Å². The van der Waals surface area contributed by atoms with Crippen molar-refractivity contribution in [2.75, 3.05) is 26.2 Å². The van der Waals surface area contributed by atoms with Crippen molar-refractivity contribution in [3.8, 4) is 0 Å². The van der Waals surface area contributed by atoms with Crippen LogP contribution in [0, 0.1) is 13.8 Å². The molecule has 0 bridgehead atoms. The number of nitrogens with one attached hydrogen (secondary N) is 2. The minimum atomic E-state index is -3.44. The summed E-state index contributed by atoms with van der Waals surface area (Å²) in [5.41, 5.74) is 1.10. The van der Waals surface area contributed by atoms with Crippen molar-refractivity contribution in [1.82, 2.24) is 19.8 Å². The number of aryl methyl sites for hydroxylation is 2. The molecule has 2 heterocycles. The Bertz CT molecular complexity index is 484. The number of hydrogen-bond acceptors (Lipinski definition) is 4. The van der Waals surface area contributed by atoms with Crippen LogP contribution in [0.15, 0.2) is 4.90 Å². The van der Waals surface area contributed by atoms with Gasteiger partial charge in [0.25, 0.3) is 0 Å². The molecule has 1 fully saturated rings.